The third kappa shape index (κ3) is 4.43. The maximum Gasteiger partial charge on any atom is 0.0655 e. The van der Waals surface area contributed by atoms with Gasteiger partial charge in [0, 0.05) is 25.0 Å². The quantitative estimate of drug-likeness (QED) is 0.795. The molecule has 2 aromatic rings. The van der Waals surface area contributed by atoms with E-state index >= 15 is 0 Å². The first-order valence-corrected chi connectivity index (χ1v) is 8.56. The Bertz CT molecular complexity index is 580. The van der Waals surface area contributed by atoms with Crippen LogP contribution in [0.5, 0.6) is 0 Å². The van der Waals surface area contributed by atoms with Crippen molar-refractivity contribution in [2.75, 3.05) is 0 Å². The van der Waals surface area contributed by atoms with Gasteiger partial charge in [0.25, 0.3) is 0 Å². The Balaban J connectivity index is 1.72. The summed E-state index contributed by atoms with van der Waals surface area (Å²) in [5, 5.41) is 9.12. The molecule has 0 aliphatic heterocycles. The molecule has 0 radical (unpaired) electrons. The predicted molar refractivity (Wildman–Crippen MR) is 93.5 cm³/mol. The van der Waals surface area contributed by atoms with Crippen molar-refractivity contribution in [1.82, 2.24) is 4.90 Å². The van der Waals surface area contributed by atoms with Gasteiger partial charge in [0.1, 0.15) is 0 Å². The molecule has 2 heteroatoms. The van der Waals surface area contributed by atoms with Crippen LogP contribution in [0, 0.1) is 17.2 Å². The molecule has 0 unspecified atom stereocenters. The summed E-state index contributed by atoms with van der Waals surface area (Å²) in [6, 6.07) is 24.5. The summed E-state index contributed by atoms with van der Waals surface area (Å²) < 4.78 is 0. The average Bonchev–Trinajstić information content (AvgIpc) is 2.63. The fourth-order valence-corrected chi connectivity index (χ4v) is 3.52. The minimum Gasteiger partial charge on any atom is -0.292 e. The molecule has 0 N–H and O–H groups in total. The molecule has 0 aromatic heterocycles. The fourth-order valence-electron chi connectivity index (χ4n) is 3.52. The summed E-state index contributed by atoms with van der Waals surface area (Å²) in [5.41, 5.74) is 2.73. The zero-order chi connectivity index (χ0) is 15.9. The first kappa shape index (κ1) is 15.8. The van der Waals surface area contributed by atoms with E-state index in [1.54, 1.807) is 0 Å². The number of hydrogen-bond donors (Lipinski definition) is 0. The van der Waals surface area contributed by atoms with Gasteiger partial charge in [-0.05, 0) is 36.8 Å². The Labute approximate surface area is 139 Å². The normalized spacial score (nSPS) is 21.0. The molecular weight excluding hydrogens is 280 g/mol. The molecule has 1 fully saturated rings. The van der Waals surface area contributed by atoms with Crippen molar-refractivity contribution in [3.8, 4) is 6.07 Å². The van der Waals surface area contributed by atoms with Crippen molar-refractivity contribution >= 4 is 0 Å². The number of nitrogens with zero attached hydrogens (tertiary/aromatic N) is 2. The molecule has 2 aromatic carbocycles. The van der Waals surface area contributed by atoms with Crippen molar-refractivity contribution < 1.29 is 0 Å². The van der Waals surface area contributed by atoms with Gasteiger partial charge in [-0.15, -0.1) is 0 Å². The van der Waals surface area contributed by atoms with E-state index in [1.165, 1.54) is 11.1 Å². The molecule has 0 spiro atoms. The van der Waals surface area contributed by atoms with E-state index in [9.17, 15) is 0 Å². The first-order valence-electron chi connectivity index (χ1n) is 8.56. The second kappa shape index (κ2) is 7.94. The minimum atomic E-state index is 0.265. The fraction of sp³-hybridized carbons (Fsp3) is 0.381. The van der Waals surface area contributed by atoms with Crippen LogP contribution >= 0.6 is 0 Å². The molecule has 0 atom stereocenters. The summed E-state index contributed by atoms with van der Waals surface area (Å²) in [6.45, 7) is 1.97. The lowest BCUT2D eigenvalue weighted by molar-refractivity contribution is 0.130. The molecule has 1 saturated carbocycles. The topological polar surface area (TPSA) is 27.0 Å². The highest BCUT2D eigenvalue weighted by Crippen LogP contribution is 2.29. The van der Waals surface area contributed by atoms with E-state index in [0.717, 1.165) is 38.8 Å². The highest BCUT2D eigenvalue weighted by Gasteiger charge is 2.25. The van der Waals surface area contributed by atoms with E-state index in [-0.39, 0.29) is 5.92 Å². The van der Waals surface area contributed by atoms with Crippen LogP contribution in [0.2, 0.25) is 0 Å². The third-order valence-electron chi connectivity index (χ3n) is 4.85. The molecule has 3 rings (SSSR count). The first-order chi connectivity index (χ1) is 11.3. The van der Waals surface area contributed by atoms with Crippen LogP contribution in [0.1, 0.15) is 36.8 Å². The van der Waals surface area contributed by atoms with Crippen molar-refractivity contribution in [3.63, 3.8) is 0 Å². The van der Waals surface area contributed by atoms with Crippen LogP contribution in [0.3, 0.4) is 0 Å². The van der Waals surface area contributed by atoms with Crippen molar-refractivity contribution in [2.24, 2.45) is 5.92 Å². The van der Waals surface area contributed by atoms with Crippen LogP contribution in [-0.2, 0) is 13.1 Å². The second-order valence-corrected chi connectivity index (χ2v) is 6.51. The van der Waals surface area contributed by atoms with Gasteiger partial charge in [-0.3, -0.25) is 4.90 Å². The van der Waals surface area contributed by atoms with Crippen molar-refractivity contribution in [1.29, 1.82) is 5.26 Å². The molecular formula is C21H24N2. The molecule has 2 nitrogen and oxygen atoms in total. The lowest BCUT2D eigenvalue weighted by atomic mass is 9.86. The SMILES string of the molecule is N#C[C@H]1CC[C@H](N(Cc2ccccc2)Cc2ccccc2)CC1. The van der Waals surface area contributed by atoms with E-state index in [4.69, 9.17) is 5.26 Å². The average molecular weight is 304 g/mol. The smallest absolute Gasteiger partial charge is 0.0655 e. The largest absolute Gasteiger partial charge is 0.292 e. The van der Waals surface area contributed by atoms with Crippen LogP contribution < -0.4 is 0 Å². The molecule has 0 amide bonds. The number of hydrogen-bond acceptors (Lipinski definition) is 2. The van der Waals surface area contributed by atoms with Gasteiger partial charge < -0.3 is 0 Å². The Hall–Kier alpha value is -2.11. The van der Waals surface area contributed by atoms with Gasteiger partial charge in [-0.2, -0.15) is 5.26 Å². The Morgan fingerprint density at radius 1 is 0.783 bits per heavy atom. The zero-order valence-corrected chi connectivity index (χ0v) is 13.6. The molecule has 1 aliphatic carbocycles. The molecule has 0 heterocycles. The van der Waals surface area contributed by atoms with Crippen LogP contribution in [0.15, 0.2) is 60.7 Å². The van der Waals surface area contributed by atoms with E-state index in [1.807, 2.05) is 0 Å². The van der Waals surface area contributed by atoms with Crippen LogP contribution in [0.25, 0.3) is 0 Å². The third-order valence-corrected chi connectivity index (χ3v) is 4.85. The van der Waals surface area contributed by atoms with Gasteiger partial charge in [0.2, 0.25) is 0 Å². The summed E-state index contributed by atoms with van der Waals surface area (Å²) in [4.78, 5) is 2.60. The van der Waals surface area contributed by atoms with Gasteiger partial charge in [-0.1, -0.05) is 60.7 Å². The number of nitriles is 1. The van der Waals surface area contributed by atoms with E-state index < -0.39 is 0 Å². The van der Waals surface area contributed by atoms with Crippen LogP contribution in [0.4, 0.5) is 0 Å². The molecule has 0 saturated heterocycles. The molecule has 1 aliphatic rings. The highest BCUT2D eigenvalue weighted by atomic mass is 15.2. The van der Waals surface area contributed by atoms with E-state index in [2.05, 4.69) is 71.6 Å². The Kier molecular flexibility index (Phi) is 5.45. The van der Waals surface area contributed by atoms with Crippen molar-refractivity contribution in [3.05, 3.63) is 71.8 Å². The summed E-state index contributed by atoms with van der Waals surface area (Å²) >= 11 is 0. The summed E-state index contributed by atoms with van der Waals surface area (Å²) in [5.74, 6) is 0.265. The lowest BCUT2D eigenvalue weighted by Crippen LogP contribution is -2.37. The monoisotopic (exact) mass is 304 g/mol. The lowest BCUT2D eigenvalue weighted by Gasteiger charge is -2.35. The van der Waals surface area contributed by atoms with E-state index in [0.29, 0.717) is 6.04 Å². The molecule has 23 heavy (non-hydrogen) atoms. The number of rotatable bonds is 5. The summed E-state index contributed by atoms with van der Waals surface area (Å²) in [7, 11) is 0. The van der Waals surface area contributed by atoms with Gasteiger partial charge in [0.05, 0.1) is 6.07 Å². The van der Waals surface area contributed by atoms with Gasteiger partial charge >= 0.3 is 0 Å². The Morgan fingerprint density at radius 3 is 1.70 bits per heavy atom. The van der Waals surface area contributed by atoms with Crippen molar-refractivity contribution in [2.45, 2.75) is 44.8 Å². The maximum absolute atomic E-state index is 9.12. The molecule has 0 bridgehead atoms. The standard InChI is InChI=1S/C21H24N2/c22-15-18-11-13-21(14-12-18)23(16-19-7-3-1-4-8-19)17-20-9-5-2-6-10-20/h1-10,18,21H,11-14,16-17H2/t18-,21-. The number of benzene rings is 2. The Morgan fingerprint density at radius 2 is 1.26 bits per heavy atom. The summed E-state index contributed by atoms with van der Waals surface area (Å²) in [6.07, 6.45) is 4.36. The maximum atomic E-state index is 9.12. The van der Waals surface area contributed by atoms with Gasteiger partial charge in [-0.25, -0.2) is 0 Å². The molecule has 118 valence electrons. The predicted octanol–water partition coefficient (Wildman–Crippen LogP) is 4.77. The van der Waals surface area contributed by atoms with Crippen LogP contribution in [-0.4, -0.2) is 10.9 Å². The highest BCUT2D eigenvalue weighted by molar-refractivity contribution is 5.17. The second-order valence-electron chi connectivity index (χ2n) is 6.51. The zero-order valence-electron chi connectivity index (χ0n) is 13.6. The minimum absolute atomic E-state index is 0.265. The van der Waals surface area contributed by atoms with Gasteiger partial charge in [0.15, 0.2) is 0 Å².